The monoisotopic (exact) mass is 200 g/mol. The molecule has 2 aliphatic carbocycles. The molecule has 0 spiro atoms. The minimum absolute atomic E-state index is 0.331. The number of benzene rings is 1. The molecule has 0 heterocycles. The first-order valence-corrected chi connectivity index (χ1v) is 5.90. The molecule has 0 radical (unpaired) electrons. The highest BCUT2D eigenvalue weighted by Gasteiger charge is 2.38. The summed E-state index contributed by atoms with van der Waals surface area (Å²) < 4.78 is 0. The smallest absolute Gasteiger partial charge is 0.123 e. The Balaban J connectivity index is 2.00. The van der Waals surface area contributed by atoms with E-state index in [0.717, 1.165) is 12.8 Å². The summed E-state index contributed by atoms with van der Waals surface area (Å²) in [6.07, 6.45) is 5.96. The molecule has 2 unspecified atom stereocenters. The molecule has 0 N–H and O–H groups in total. The van der Waals surface area contributed by atoms with Gasteiger partial charge in [-0.15, -0.1) is 0 Å². The maximum absolute atomic E-state index is 11.1. The average Bonchev–Trinajstić information content (AvgIpc) is 2.54. The van der Waals surface area contributed by atoms with Gasteiger partial charge in [-0.05, 0) is 48.6 Å². The van der Waals surface area contributed by atoms with Gasteiger partial charge >= 0.3 is 0 Å². The van der Waals surface area contributed by atoms with E-state index < -0.39 is 0 Å². The zero-order valence-corrected chi connectivity index (χ0v) is 8.86. The lowest BCUT2D eigenvalue weighted by molar-refractivity contribution is -0.113. The SMILES string of the molecule is O=CC1C2CCC1Cc1ccccc1C2. The van der Waals surface area contributed by atoms with Crippen LogP contribution in [0.5, 0.6) is 0 Å². The van der Waals surface area contributed by atoms with Gasteiger partial charge in [0, 0.05) is 5.92 Å². The van der Waals surface area contributed by atoms with Gasteiger partial charge in [0.15, 0.2) is 0 Å². The quantitative estimate of drug-likeness (QED) is 0.637. The third-order valence-electron chi connectivity index (χ3n) is 4.24. The zero-order valence-electron chi connectivity index (χ0n) is 8.86. The Morgan fingerprint density at radius 1 is 1.00 bits per heavy atom. The second kappa shape index (κ2) is 3.48. The van der Waals surface area contributed by atoms with Crippen molar-refractivity contribution >= 4 is 6.29 Å². The molecule has 0 saturated heterocycles. The van der Waals surface area contributed by atoms with Crippen LogP contribution in [0.3, 0.4) is 0 Å². The lowest BCUT2D eigenvalue weighted by Crippen LogP contribution is -2.16. The van der Waals surface area contributed by atoms with Crippen LogP contribution in [0, 0.1) is 17.8 Å². The van der Waals surface area contributed by atoms with E-state index in [4.69, 9.17) is 0 Å². The highest BCUT2D eigenvalue weighted by atomic mass is 16.1. The second-order valence-electron chi connectivity index (χ2n) is 4.99. The molecule has 0 aromatic heterocycles. The van der Waals surface area contributed by atoms with Crippen LogP contribution in [-0.4, -0.2) is 6.29 Å². The minimum atomic E-state index is 0.331. The van der Waals surface area contributed by atoms with Gasteiger partial charge in [0.2, 0.25) is 0 Å². The number of hydrogen-bond donors (Lipinski definition) is 0. The van der Waals surface area contributed by atoms with Crippen molar-refractivity contribution in [3.63, 3.8) is 0 Å². The Morgan fingerprint density at radius 3 is 2.00 bits per heavy atom. The lowest BCUT2D eigenvalue weighted by Gasteiger charge is -2.14. The summed E-state index contributed by atoms with van der Waals surface area (Å²) in [5, 5.41) is 0. The Hall–Kier alpha value is -1.11. The number of rotatable bonds is 1. The summed E-state index contributed by atoms with van der Waals surface area (Å²) in [6, 6.07) is 8.71. The van der Waals surface area contributed by atoms with Gasteiger partial charge in [-0.2, -0.15) is 0 Å². The second-order valence-corrected chi connectivity index (χ2v) is 4.99. The largest absolute Gasteiger partial charge is 0.303 e. The highest BCUT2D eigenvalue weighted by Crippen LogP contribution is 2.43. The van der Waals surface area contributed by atoms with Crippen molar-refractivity contribution < 1.29 is 4.79 Å². The fraction of sp³-hybridized carbons (Fsp3) is 0.500. The average molecular weight is 200 g/mol. The van der Waals surface area contributed by atoms with Crippen molar-refractivity contribution in [2.75, 3.05) is 0 Å². The van der Waals surface area contributed by atoms with Crippen molar-refractivity contribution in [1.29, 1.82) is 0 Å². The van der Waals surface area contributed by atoms with Gasteiger partial charge < -0.3 is 4.79 Å². The molecule has 2 atom stereocenters. The first kappa shape index (κ1) is 9.14. The number of aldehydes is 1. The Kier molecular flexibility index (Phi) is 2.12. The summed E-state index contributed by atoms with van der Waals surface area (Å²) in [7, 11) is 0. The predicted octanol–water partition coefficient (Wildman–Crippen LogP) is 2.63. The van der Waals surface area contributed by atoms with Gasteiger partial charge in [-0.25, -0.2) is 0 Å². The van der Waals surface area contributed by atoms with Crippen LogP contribution < -0.4 is 0 Å². The minimum Gasteiger partial charge on any atom is -0.303 e. The Bertz CT molecular complexity index is 350. The van der Waals surface area contributed by atoms with Crippen LogP contribution in [-0.2, 0) is 17.6 Å². The van der Waals surface area contributed by atoms with E-state index in [1.165, 1.54) is 30.3 Å². The molecule has 78 valence electrons. The lowest BCUT2D eigenvalue weighted by atomic mass is 9.89. The molecular weight excluding hydrogens is 184 g/mol. The van der Waals surface area contributed by atoms with Crippen LogP contribution in [0.25, 0.3) is 0 Å². The van der Waals surface area contributed by atoms with Gasteiger partial charge in [0.1, 0.15) is 6.29 Å². The van der Waals surface area contributed by atoms with Crippen LogP contribution in [0.1, 0.15) is 24.0 Å². The van der Waals surface area contributed by atoms with Crippen molar-refractivity contribution in [2.24, 2.45) is 17.8 Å². The van der Waals surface area contributed by atoms with Crippen LogP contribution in [0.15, 0.2) is 24.3 Å². The fourth-order valence-corrected chi connectivity index (χ4v) is 3.42. The molecule has 1 aromatic rings. The normalized spacial score (nSPS) is 33.2. The summed E-state index contributed by atoms with van der Waals surface area (Å²) in [6.45, 7) is 0. The third kappa shape index (κ3) is 1.41. The molecule has 15 heavy (non-hydrogen) atoms. The van der Waals surface area contributed by atoms with E-state index in [9.17, 15) is 4.79 Å². The molecular formula is C14H16O. The molecule has 3 rings (SSSR count). The Morgan fingerprint density at radius 2 is 1.53 bits per heavy atom. The van der Waals surface area contributed by atoms with Crippen LogP contribution >= 0.6 is 0 Å². The summed E-state index contributed by atoms with van der Waals surface area (Å²) in [4.78, 5) is 11.1. The molecule has 0 amide bonds. The van der Waals surface area contributed by atoms with Gasteiger partial charge in [-0.3, -0.25) is 0 Å². The number of carbonyl (C=O) groups is 1. The third-order valence-corrected chi connectivity index (χ3v) is 4.24. The van der Waals surface area contributed by atoms with Crippen molar-refractivity contribution in [1.82, 2.24) is 0 Å². The molecule has 2 bridgehead atoms. The van der Waals surface area contributed by atoms with E-state index in [1.54, 1.807) is 0 Å². The van der Waals surface area contributed by atoms with Gasteiger partial charge in [-0.1, -0.05) is 24.3 Å². The van der Waals surface area contributed by atoms with E-state index >= 15 is 0 Å². The molecule has 1 heteroatoms. The summed E-state index contributed by atoms with van der Waals surface area (Å²) in [5.74, 6) is 1.57. The molecule has 1 aromatic carbocycles. The molecule has 0 aliphatic heterocycles. The number of carbonyl (C=O) groups excluding carboxylic acids is 1. The standard InChI is InChI=1S/C14H16O/c15-9-14-12-5-6-13(14)8-11-4-2-1-3-10(11)7-12/h1-4,9,12-14H,5-8H2. The van der Waals surface area contributed by atoms with E-state index in [1.807, 2.05) is 0 Å². The molecule has 1 nitrogen and oxygen atoms in total. The van der Waals surface area contributed by atoms with Crippen molar-refractivity contribution in [3.05, 3.63) is 35.4 Å². The van der Waals surface area contributed by atoms with Gasteiger partial charge in [0.25, 0.3) is 0 Å². The van der Waals surface area contributed by atoms with Crippen molar-refractivity contribution in [3.8, 4) is 0 Å². The van der Waals surface area contributed by atoms with Crippen molar-refractivity contribution in [2.45, 2.75) is 25.7 Å². The predicted molar refractivity (Wildman–Crippen MR) is 59.6 cm³/mol. The topological polar surface area (TPSA) is 17.1 Å². The highest BCUT2D eigenvalue weighted by molar-refractivity contribution is 5.56. The first-order valence-electron chi connectivity index (χ1n) is 5.90. The summed E-state index contributed by atoms with van der Waals surface area (Å²) >= 11 is 0. The summed E-state index contributed by atoms with van der Waals surface area (Å²) in [5.41, 5.74) is 2.97. The molecule has 2 aliphatic rings. The van der Waals surface area contributed by atoms with E-state index in [0.29, 0.717) is 17.8 Å². The van der Waals surface area contributed by atoms with E-state index in [2.05, 4.69) is 24.3 Å². The first-order chi connectivity index (χ1) is 7.38. The zero-order chi connectivity index (χ0) is 10.3. The maximum Gasteiger partial charge on any atom is 0.123 e. The fourth-order valence-electron chi connectivity index (χ4n) is 3.42. The molecule has 1 saturated carbocycles. The van der Waals surface area contributed by atoms with Crippen LogP contribution in [0.2, 0.25) is 0 Å². The maximum atomic E-state index is 11.1. The van der Waals surface area contributed by atoms with Crippen LogP contribution in [0.4, 0.5) is 0 Å². The Labute approximate surface area is 90.5 Å². The van der Waals surface area contributed by atoms with E-state index in [-0.39, 0.29) is 0 Å². The van der Waals surface area contributed by atoms with Gasteiger partial charge in [0.05, 0.1) is 0 Å². The number of hydrogen-bond acceptors (Lipinski definition) is 1. The number of fused-ring (bicyclic) bond motifs is 3. The molecule has 1 fully saturated rings.